The zero-order valence-corrected chi connectivity index (χ0v) is 15.8. The molecule has 2 heterocycles. The van der Waals surface area contributed by atoms with Gasteiger partial charge in [0.1, 0.15) is 11.6 Å². The summed E-state index contributed by atoms with van der Waals surface area (Å²) in [5, 5.41) is 3.44. The van der Waals surface area contributed by atoms with Crippen LogP contribution in [0.2, 0.25) is 0 Å². The van der Waals surface area contributed by atoms with E-state index < -0.39 is 6.36 Å². The number of halogens is 3. The van der Waals surface area contributed by atoms with Gasteiger partial charge in [-0.25, -0.2) is 4.98 Å². The van der Waals surface area contributed by atoms with Crippen molar-refractivity contribution in [3.8, 4) is 28.1 Å². The van der Waals surface area contributed by atoms with Crippen LogP contribution in [0.5, 0.6) is 5.75 Å². The minimum absolute atomic E-state index is 0.199. The van der Waals surface area contributed by atoms with E-state index in [9.17, 15) is 13.2 Å². The van der Waals surface area contributed by atoms with Crippen molar-refractivity contribution in [2.24, 2.45) is 5.92 Å². The number of aromatic nitrogens is 2. The third-order valence-corrected chi connectivity index (χ3v) is 5.01. The number of nitrogens with one attached hydrogen (secondary N) is 2. The molecule has 0 unspecified atom stereocenters. The van der Waals surface area contributed by atoms with Crippen molar-refractivity contribution >= 4 is 5.69 Å². The first-order valence-corrected chi connectivity index (χ1v) is 9.33. The van der Waals surface area contributed by atoms with Gasteiger partial charge in [0.15, 0.2) is 0 Å². The van der Waals surface area contributed by atoms with Crippen molar-refractivity contribution in [1.29, 1.82) is 0 Å². The molecule has 2 atom stereocenters. The van der Waals surface area contributed by atoms with Gasteiger partial charge >= 0.3 is 6.36 Å². The van der Waals surface area contributed by atoms with E-state index >= 15 is 0 Å². The number of nitrogen functional groups attached to an aromatic ring is 1. The lowest BCUT2D eigenvalue weighted by Crippen LogP contribution is -2.17. The maximum Gasteiger partial charge on any atom is 0.573 e. The normalized spacial score (nSPS) is 19.4. The van der Waals surface area contributed by atoms with Crippen molar-refractivity contribution < 1.29 is 17.9 Å². The molecule has 1 aliphatic heterocycles. The molecule has 8 heteroatoms. The largest absolute Gasteiger partial charge is 0.573 e. The van der Waals surface area contributed by atoms with E-state index in [1.54, 1.807) is 24.4 Å². The Hall–Kier alpha value is -3.00. The van der Waals surface area contributed by atoms with E-state index in [2.05, 4.69) is 26.9 Å². The Kier molecular flexibility index (Phi) is 4.96. The lowest BCUT2D eigenvalue weighted by molar-refractivity contribution is -0.274. The number of nitrogens with zero attached hydrogens (tertiary/aromatic N) is 1. The van der Waals surface area contributed by atoms with Crippen molar-refractivity contribution in [3.05, 3.63) is 54.5 Å². The highest BCUT2D eigenvalue weighted by Crippen LogP contribution is 2.36. The number of anilines is 1. The average molecular weight is 402 g/mol. The Bertz CT molecular complexity index is 998. The second-order valence-corrected chi connectivity index (χ2v) is 7.36. The molecular formula is C21H21F3N4O. The molecule has 3 aromatic rings. The van der Waals surface area contributed by atoms with Gasteiger partial charge in [0.25, 0.3) is 0 Å². The van der Waals surface area contributed by atoms with Crippen LogP contribution in [-0.2, 0) is 0 Å². The molecule has 1 aliphatic rings. The van der Waals surface area contributed by atoms with Crippen LogP contribution in [0, 0.1) is 5.92 Å². The fourth-order valence-corrected chi connectivity index (χ4v) is 3.60. The number of ether oxygens (including phenoxy) is 1. The summed E-state index contributed by atoms with van der Waals surface area (Å²) in [4.78, 5) is 7.81. The van der Waals surface area contributed by atoms with Crippen LogP contribution in [0.1, 0.15) is 25.2 Å². The highest BCUT2D eigenvalue weighted by Gasteiger charge is 2.32. The lowest BCUT2D eigenvalue weighted by atomic mass is 10.0. The number of rotatable bonds is 4. The van der Waals surface area contributed by atoms with Crippen LogP contribution in [0.3, 0.4) is 0 Å². The van der Waals surface area contributed by atoms with E-state index in [1.807, 2.05) is 12.1 Å². The smallest absolute Gasteiger partial charge is 0.405 e. The van der Waals surface area contributed by atoms with E-state index in [4.69, 9.17) is 5.73 Å². The van der Waals surface area contributed by atoms with Crippen molar-refractivity contribution in [3.63, 3.8) is 0 Å². The van der Waals surface area contributed by atoms with Crippen LogP contribution in [0.15, 0.2) is 48.7 Å². The van der Waals surface area contributed by atoms with Gasteiger partial charge in [0, 0.05) is 17.3 Å². The number of alkyl halides is 3. The highest BCUT2D eigenvalue weighted by molar-refractivity contribution is 5.75. The monoisotopic (exact) mass is 402 g/mol. The maximum atomic E-state index is 12.7. The minimum atomic E-state index is -4.79. The fourth-order valence-electron chi connectivity index (χ4n) is 3.60. The Labute approximate surface area is 166 Å². The van der Waals surface area contributed by atoms with Crippen LogP contribution in [0.25, 0.3) is 22.4 Å². The standard InChI is InChI=1S/C21H21F3N4O/c1-12-8-17(26-10-12)20-27-11-18(28-20)14-4-2-13(3-5-14)16-7-6-15(25)9-19(16)29-21(22,23)24/h2-7,9,11-12,17,26H,8,10,25H2,1H3,(H,27,28)/t12-,17-/m0/s1. The zero-order valence-electron chi connectivity index (χ0n) is 15.8. The van der Waals surface area contributed by atoms with Crippen molar-refractivity contribution in [1.82, 2.24) is 15.3 Å². The maximum absolute atomic E-state index is 12.7. The van der Waals surface area contributed by atoms with Crippen LogP contribution >= 0.6 is 0 Å². The summed E-state index contributed by atoms with van der Waals surface area (Å²) in [6, 6.07) is 11.6. The molecule has 29 heavy (non-hydrogen) atoms. The molecule has 0 radical (unpaired) electrons. The van der Waals surface area contributed by atoms with Gasteiger partial charge in [-0.3, -0.25) is 0 Å². The third-order valence-electron chi connectivity index (χ3n) is 5.01. The topological polar surface area (TPSA) is 76.0 Å². The molecule has 1 saturated heterocycles. The second-order valence-electron chi connectivity index (χ2n) is 7.36. The van der Waals surface area contributed by atoms with Crippen LogP contribution < -0.4 is 15.8 Å². The highest BCUT2D eigenvalue weighted by atomic mass is 19.4. The molecular weight excluding hydrogens is 381 g/mol. The Morgan fingerprint density at radius 3 is 2.48 bits per heavy atom. The van der Waals surface area contributed by atoms with Gasteiger partial charge < -0.3 is 20.8 Å². The average Bonchev–Trinajstić information content (AvgIpc) is 3.30. The fraction of sp³-hybridized carbons (Fsp3) is 0.286. The molecule has 0 bridgehead atoms. The van der Waals surface area contributed by atoms with E-state index in [1.165, 1.54) is 12.1 Å². The number of hydrogen-bond donors (Lipinski definition) is 3. The number of aromatic amines is 1. The van der Waals surface area contributed by atoms with Gasteiger partial charge in [-0.05, 0) is 42.1 Å². The van der Waals surface area contributed by atoms with Gasteiger partial charge in [-0.2, -0.15) is 0 Å². The SMILES string of the molecule is C[C@@H]1CN[C@H](c2ncc(-c3ccc(-c4ccc(N)cc4OC(F)(F)F)cc3)[nH]2)C1. The molecule has 0 aliphatic carbocycles. The van der Waals surface area contributed by atoms with Crippen LogP contribution in [-0.4, -0.2) is 22.9 Å². The van der Waals surface area contributed by atoms with E-state index in [0.717, 1.165) is 30.0 Å². The summed E-state index contributed by atoms with van der Waals surface area (Å²) in [6.07, 6.45) is -1.98. The second kappa shape index (κ2) is 7.44. The predicted octanol–water partition coefficient (Wildman–Crippen LogP) is 4.90. The quantitative estimate of drug-likeness (QED) is 0.543. The number of benzene rings is 2. The molecule has 4 N–H and O–H groups in total. The van der Waals surface area contributed by atoms with Crippen molar-refractivity contribution in [2.75, 3.05) is 12.3 Å². The molecule has 4 rings (SSSR count). The number of imidazole rings is 1. The summed E-state index contributed by atoms with van der Waals surface area (Å²) < 4.78 is 42.3. The van der Waals surface area contributed by atoms with Gasteiger partial charge in [0.2, 0.25) is 0 Å². The number of hydrogen-bond acceptors (Lipinski definition) is 4. The molecule has 5 nitrogen and oxygen atoms in total. The van der Waals surface area contributed by atoms with Gasteiger partial charge in [0.05, 0.1) is 17.9 Å². The van der Waals surface area contributed by atoms with Gasteiger partial charge in [-0.15, -0.1) is 13.2 Å². The molecule has 0 saturated carbocycles. The molecule has 1 fully saturated rings. The summed E-state index contributed by atoms with van der Waals surface area (Å²) in [5.74, 6) is 1.18. The predicted molar refractivity (Wildman–Crippen MR) is 105 cm³/mol. The third kappa shape index (κ3) is 4.37. The molecule has 2 aromatic carbocycles. The molecule has 152 valence electrons. The Morgan fingerprint density at radius 2 is 1.83 bits per heavy atom. The van der Waals surface area contributed by atoms with E-state index in [-0.39, 0.29) is 17.5 Å². The minimum Gasteiger partial charge on any atom is -0.405 e. The first-order valence-electron chi connectivity index (χ1n) is 9.33. The summed E-state index contributed by atoms with van der Waals surface area (Å²) in [7, 11) is 0. The zero-order chi connectivity index (χ0) is 20.6. The van der Waals surface area contributed by atoms with Crippen molar-refractivity contribution in [2.45, 2.75) is 25.7 Å². The lowest BCUT2D eigenvalue weighted by Gasteiger charge is -2.14. The number of nitrogens with two attached hydrogens (primary N) is 1. The Morgan fingerprint density at radius 1 is 1.10 bits per heavy atom. The molecule has 0 amide bonds. The first kappa shape index (κ1) is 19.3. The summed E-state index contributed by atoms with van der Waals surface area (Å²) in [6.45, 7) is 3.17. The first-order chi connectivity index (χ1) is 13.8. The van der Waals surface area contributed by atoms with E-state index in [0.29, 0.717) is 17.0 Å². The Balaban J connectivity index is 1.58. The summed E-state index contributed by atoms with van der Waals surface area (Å²) in [5.41, 5.74) is 8.49. The van der Waals surface area contributed by atoms with Crippen LogP contribution in [0.4, 0.5) is 18.9 Å². The van der Waals surface area contributed by atoms with Gasteiger partial charge in [-0.1, -0.05) is 31.2 Å². The molecule has 0 spiro atoms. The number of H-pyrrole nitrogens is 1. The summed E-state index contributed by atoms with van der Waals surface area (Å²) >= 11 is 0. The molecule has 1 aromatic heterocycles.